The van der Waals surface area contributed by atoms with Gasteiger partial charge < -0.3 is 10.1 Å². The van der Waals surface area contributed by atoms with Gasteiger partial charge in [-0.05, 0) is 29.8 Å². The number of hydrogen-bond donors (Lipinski definition) is 1. The van der Waals surface area contributed by atoms with Crippen molar-refractivity contribution in [1.29, 1.82) is 5.26 Å². The lowest BCUT2D eigenvalue weighted by molar-refractivity contribution is -0.177. The van der Waals surface area contributed by atoms with Crippen molar-refractivity contribution < 1.29 is 22.3 Å². The third-order valence-electron chi connectivity index (χ3n) is 4.10. The Labute approximate surface area is 134 Å². The minimum Gasteiger partial charge on any atom is -0.480 e. The molecule has 4 nitrogen and oxygen atoms in total. The van der Waals surface area contributed by atoms with Crippen molar-refractivity contribution in [2.24, 2.45) is 0 Å². The summed E-state index contributed by atoms with van der Waals surface area (Å²) >= 11 is 0. The number of alkyl halides is 3. The summed E-state index contributed by atoms with van der Waals surface area (Å²) in [6.07, 6.45) is -4.55. The molecule has 3 rings (SSSR count). The molecule has 0 spiro atoms. The number of benzene rings is 1. The van der Waals surface area contributed by atoms with Gasteiger partial charge in [-0.3, -0.25) is 0 Å². The molecule has 2 heterocycles. The average molecular weight is 337 g/mol. The zero-order valence-corrected chi connectivity index (χ0v) is 12.4. The van der Waals surface area contributed by atoms with Gasteiger partial charge in [-0.15, -0.1) is 0 Å². The number of nitriles is 1. The number of halogens is 4. The number of rotatable bonds is 2. The quantitative estimate of drug-likeness (QED) is 0.840. The molecule has 8 heteroatoms. The summed E-state index contributed by atoms with van der Waals surface area (Å²) in [4.78, 5) is 3.90. The van der Waals surface area contributed by atoms with Crippen LogP contribution in [-0.2, 0) is 5.41 Å². The van der Waals surface area contributed by atoms with Gasteiger partial charge in [0.2, 0.25) is 5.88 Å². The van der Waals surface area contributed by atoms with Crippen molar-refractivity contribution in [1.82, 2.24) is 4.98 Å². The lowest BCUT2D eigenvalue weighted by atomic mass is 9.69. The van der Waals surface area contributed by atoms with E-state index in [9.17, 15) is 17.6 Å². The van der Waals surface area contributed by atoms with Crippen molar-refractivity contribution in [2.75, 3.05) is 12.4 Å². The Morgan fingerprint density at radius 2 is 2.04 bits per heavy atom. The maximum atomic E-state index is 14.1. The number of hydrogen-bond acceptors (Lipinski definition) is 4. The van der Waals surface area contributed by atoms with Gasteiger partial charge in [0.1, 0.15) is 16.9 Å². The number of aromatic nitrogens is 1. The molecule has 24 heavy (non-hydrogen) atoms. The van der Waals surface area contributed by atoms with Gasteiger partial charge in [-0.2, -0.15) is 18.4 Å². The van der Waals surface area contributed by atoms with E-state index in [1.165, 1.54) is 25.4 Å². The van der Waals surface area contributed by atoms with Crippen LogP contribution in [0, 0.1) is 17.1 Å². The first-order chi connectivity index (χ1) is 11.3. The molecule has 0 saturated carbocycles. The number of pyridine rings is 1. The highest BCUT2D eigenvalue weighted by molar-refractivity contribution is 5.79. The molecule has 1 aromatic carbocycles. The van der Waals surface area contributed by atoms with E-state index in [4.69, 9.17) is 10.00 Å². The molecule has 1 unspecified atom stereocenters. The molecule has 124 valence electrons. The van der Waals surface area contributed by atoms with Gasteiger partial charge in [0, 0.05) is 17.4 Å². The third kappa shape index (κ3) is 2.08. The summed E-state index contributed by atoms with van der Waals surface area (Å²) in [6.45, 7) is 0. The number of nitrogens with one attached hydrogen (secondary N) is 1. The Kier molecular flexibility index (Phi) is 3.59. The van der Waals surface area contributed by atoms with E-state index in [0.29, 0.717) is 0 Å². The number of ether oxygens (including phenoxy) is 1. The van der Waals surface area contributed by atoms with Gasteiger partial charge in [-0.25, -0.2) is 9.37 Å². The zero-order chi connectivity index (χ0) is 17.5. The van der Waals surface area contributed by atoms with E-state index in [0.717, 1.165) is 12.1 Å². The number of nitrogens with zero attached hydrogens (tertiary/aromatic N) is 2. The summed E-state index contributed by atoms with van der Waals surface area (Å²) in [5.74, 6) is -0.847. The third-order valence-corrected chi connectivity index (χ3v) is 4.10. The summed E-state index contributed by atoms with van der Waals surface area (Å²) in [5.41, 5.74) is -3.15. The number of methoxy groups -OCH3 is 1. The molecular weight excluding hydrogens is 326 g/mol. The van der Waals surface area contributed by atoms with Gasteiger partial charge in [0.15, 0.2) is 0 Å². The Morgan fingerprint density at radius 3 is 2.67 bits per heavy atom. The van der Waals surface area contributed by atoms with Crippen molar-refractivity contribution in [3.05, 3.63) is 47.4 Å². The summed E-state index contributed by atoms with van der Waals surface area (Å²) in [7, 11) is 1.28. The minimum absolute atomic E-state index is 0.0201. The lowest BCUT2D eigenvalue weighted by Gasteiger charge is -2.40. The van der Waals surface area contributed by atoms with Crippen LogP contribution >= 0.6 is 0 Å². The van der Waals surface area contributed by atoms with Crippen LogP contribution in [0.4, 0.5) is 28.9 Å². The molecule has 1 aliphatic rings. The van der Waals surface area contributed by atoms with Gasteiger partial charge in [-0.1, -0.05) is 0 Å². The second-order valence-electron chi connectivity index (χ2n) is 5.30. The SMILES string of the molecule is COc1nccc2c1Nc1ccc(F)cc1C2(CC#N)C(F)(F)F. The van der Waals surface area contributed by atoms with E-state index in [2.05, 4.69) is 10.3 Å². The molecule has 0 bridgehead atoms. The van der Waals surface area contributed by atoms with E-state index >= 15 is 0 Å². The number of fused-ring (bicyclic) bond motifs is 2. The van der Waals surface area contributed by atoms with Crippen LogP contribution < -0.4 is 10.1 Å². The smallest absolute Gasteiger partial charge is 0.403 e. The fourth-order valence-electron chi connectivity index (χ4n) is 3.05. The Balaban J connectivity index is 2.44. The van der Waals surface area contributed by atoms with Crippen LogP contribution in [-0.4, -0.2) is 18.3 Å². The first-order valence-electron chi connectivity index (χ1n) is 6.89. The second kappa shape index (κ2) is 5.37. The highest BCUT2D eigenvalue weighted by atomic mass is 19.4. The summed E-state index contributed by atoms with van der Waals surface area (Å²) in [6, 6.07) is 5.83. The van der Waals surface area contributed by atoms with E-state index < -0.39 is 23.8 Å². The van der Waals surface area contributed by atoms with Gasteiger partial charge >= 0.3 is 6.18 Å². The van der Waals surface area contributed by atoms with Crippen molar-refractivity contribution >= 4 is 11.4 Å². The van der Waals surface area contributed by atoms with E-state index in [1.54, 1.807) is 6.07 Å². The molecule has 0 radical (unpaired) electrons. The van der Waals surface area contributed by atoms with Crippen LogP contribution in [0.1, 0.15) is 17.5 Å². The van der Waals surface area contributed by atoms with Crippen LogP contribution in [0.5, 0.6) is 5.88 Å². The highest BCUT2D eigenvalue weighted by Crippen LogP contribution is 2.57. The Hall–Kier alpha value is -2.82. The highest BCUT2D eigenvalue weighted by Gasteiger charge is 2.60. The predicted octanol–water partition coefficient (Wildman–Crippen LogP) is 4.05. The molecule has 1 atom stereocenters. The fraction of sp³-hybridized carbons (Fsp3) is 0.250. The molecule has 2 aromatic rings. The lowest BCUT2D eigenvalue weighted by Crippen LogP contribution is -2.46. The Morgan fingerprint density at radius 1 is 1.29 bits per heavy atom. The summed E-state index contributed by atoms with van der Waals surface area (Å²) in [5, 5.41) is 11.9. The molecule has 0 saturated heterocycles. The van der Waals surface area contributed by atoms with Gasteiger partial charge in [0.25, 0.3) is 0 Å². The molecule has 0 fully saturated rings. The maximum Gasteiger partial charge on any atom is 0.403 e. The summed E-state index contributed by atoms with van der Waals surface area (Å²) < 4.78 is 61.1. The van der Waals surface area contributed by atoms with Gasteiger partial charge in [0.05, 0.1) is 19.6 Å². The fourth-order valence-corrected chi connectivity index (χ4v) is 3.05. The largest absolute Gasteiger partial charge is 0.480 e. The molecule has 1 aromatic heterocycles. The predicted molar refractivity (Wildman–Crippen MR) is 77.5 cm³/mol. The molecule has 1 N–H and O–H groups in total. The monoisotopic (exact) mass is 337 g/mol. The van der Waals surface area contributed by atoms with Crippen LogP contribution in [0.3, 0.4) is 0 Å². The number of anilines is 2. The van der Waals surface area contributed by atoms with E-state index in [-0.39, 0.29) is 28.4 Å². The second-order valence-corrected chi connectivity index (χ2v) is 5.30. The van der Waals surface area contributed by atoms with Crippen molar-refractivity contribution in [3.8, 4) is 11.9 Å². The standard InChI is InChI=1S/C16H11F4N3O/c1-24-14-13-10(4-7-22-14)15(5-6-21,16(18,19)20)11-8-9(17)2-3-12(11)23-13/h2-4,7-8,23H,5H2,1H3. The minimum atomic E-state index is -4.82. The van der Waals surface area contributed by atoms with E-state index in [1.807, 2.05) is 0 Å². The van der Waals surface area contributed by atoms with Crippen LogP contribution in [0.15, 0.2) is 30.5 Å². The molecule has 1 aliphatic heterocycles. The average Bonchev–Trinajstić information content (AvgIpc) is 2.53. The van der Waals surface area contributed by atoms with Crippen molar-refractivity contribution in [2.45, 2.75) is 18.0 Å². The van der Waals surface area contributed by atoms with Crippen LogP contribution in [0.25, 0.3) is 0 Å². The molecule has 0 aliphatic carbocycles. The maximum absolute atomic E-state index is 14.1. The molecule has 0 amide bonds. The zero-order valence-electron chi connectivity index (χ0n) is 12.4. The van der Waals surface area contributed by atoms with Crippen molar-refractivity contribution in [3.63, 3.8) is 0 Å². The Bertz CT molecular complexity index is 844. The normalized spacial score (nSPS) is 18.8. The molecular formula is C16H11F4N3O. The first kappa shape index (κ1) is 16.1. The topological polar surface area (TPSA) is 57.9 Å². The van der Waals surface area contributed by atoms with Crippen LogP contribution in [0.2, 0.25) is 0 Å². The first-order valence-corrected chi connectivity index (χ1v) is 6.89.